The Morgan fingerprint density at radius 3 is 2.97 bits per heavy atom. The van der Waals surface area contributed by atoms with Crippen molar-refractivity contribution in [3.05, 3.63) is 65.3 Å². The van der Waals surface area contributed by atoms with E-state index in [1.807, 2.05) is 4.90 Å². The minimum absolute atomic E-state index is 0.179. The third-order valence-corrected chi connectivity index (χ3v) is 5.13. The van der Waals surface area contributed by atoms with Gasteiger partial charge in [0.15, 0.2) is 5.75 Å². The lowest BCUT2D eigenvalue weighted by atomic mass is 10.1. The van der Waals surface area contributed by atoms with Crippen molar-refractivity contribution in [2.45, 2.75) is 13.0 Å². The fraction of sp³-hybridized carbons (Fsp3) is 0.227. The molecule has 160 valence electrons. The number of ether oxygens (including phenoxy) is 1. The number of carbonyl (C=O) groups is 1. The molecule has 3 heterocycles. The molecule has 0 radical (unpaired) electrons. The number of aromatic nitrogens is 2. The summed E-state index contributed by atoms with van der Waals surface area (Å²) in [6, 6.07) is 7.32. The van der Waals surface area contributed by atoms with Crippen LogP contribution in [-0.4, -0.2) is 46.8 Å². The molecule has 1 aliphatic rings. The number of nitrogens with zero attached hydrogens (tertiary/aromatic N) is 3. The Kier molecular flexibility index (Phi) is 6.01. The van der Waals surface area contributed by atoms with Crippen LogP contribution < -0.4 is 15.0 Å². The van der Waals surface area contributed by atoms with Crippen molar-refractivity contribution in [3.8, 4) is 17.0 Å². The van der Waals surface area contributed by atoms with E-state index in [-0.39, 0.29) is 18.1 Å². The monoisotopic (exact) mass is 442 g/mol. The smallest absolute Gasteiger partial charge is 0.255 e. The fourth-order valence-corrected chi connectivity index (χ4v) is 3.53. The number of rotatable bonds is 5. The molecular formula is C22H20ClFN4O3. The summed E-state index contributed by atoms with van der Waals surface area (Å²) in [4.78, 5) is 23.1. The molecule has 0 spiro atoms. The van der Waals surface area contributed by atoms with Crippen molar-refractivity contribution < 1.29 is 19.0 Å². The number of fused-ring (bicyclic) bond motifs is 1. The number of hydrogen-bond acceptors (Lipinski definition) is 6. The number of nitrogens with one attached hydrogen (secondary N) is 1. The number of anilines is 2. The summed E-state index contributed by atoms with van der Waals surface area (Å²) in [5.74, 6) is -0.278. The molecule has 9 heteroatoms. The van der Waals surface area contributed by atoms with E-state index in [0.717, 1.165) is 0 Å². The van der Waals surface area contributed by atoms with Crippen LogP contribution in [0.3, 0.4) is 0 Å². The molecule has 2 N–H and O–H groups in total. The average Bonchev–Trinajstić information content (AvgIpc) is 2.79. The zero-order chi connectivity index (χ0) is 22.0. The lowest BCUT2D eigenvalue weighted by molar-refractivity contribution is 0.0922. The Labute approximate surface area is 183 Å². The lowest BCUT2D eigenvalue weighted by Gasteiger charge is -2.32. The first kappa shape index (κ1) is 21.0. The maximum Gasteiger partial charge on any atom is 0.255 e. The first-order valence-corrected chi connectivity index (χ1v) is 10.1. The van der Waals surface area contributed by atoms with E-state index in [1.54, 1.807) is 25.3 Å². The van der Waals surface area contributed by atoms with Crippen LogP contribution in [0, 0.1) is 5.82 Å². The summed E-state index contributed by atoms with van der Waals surface area (Å²) in [5, 5.41) is 12.4. The van der Waals surface area contributed by atoms with Crippen LogP contribution in [0.2, 0.25) is 5.02 Å². The van der Waals surface area contributed by atoms with Gasteiger partial charge < -0.3 is 20.1 Å². The van der Waals surface area contributed by atoms with Gasteiger partial charge in [-0.2, -0.15) is 0 Å². The molecule has 7 nitrogen and oxygen atoms in total. The highest BCUT2D eigenvalue weighted by Crippen LogP contribution is 2.40. The average molecular weight is 443 g/mol. The first-order chi connectivity index (χ1) is 15.0. The summed E-state index contributed by atoms with van der Waals surface area (Å²) in [6.45, 7) is 2.38. The highest BCUT2D eigenvalue weighted by Gasteiger charge is 2.25. The zero-order valence-corrected chi connectivity index (χ0v) is 17.4. The number of aliphatic hydroxyl groups excluding tert-OH is 1. The molecule has 0 saturated heterocycles. The Hall–Kier alpha value is -3.23. The van der Waals surface area contributed by atoms with E-state index in [2.05, 4.69) is 15.3 Å². The van der Waals surface area contributed by atoms with Gasteiger partial charge in [-0.3, -0.25) is 14.8 Å². The number of aliphatic hydroxyl groups is 1. The number of halogens is 2. The standard InChI is InChI=1S/C22H20ClFN4O3/c1-13(12-29)27-22(30)16-10-25-5-4-19(16)28-6-7-31-21-11-26-18(9-20(21)28)15-8-14(23)2-3-17(15)24/h2-5,8-11,13,29H,6-7,12H2,1H3,(H,27,30). The SMILES string of the molecule is CC(CO)NC(=O)c1cnccc1N1CCOc2cnc(-c3cc(Cl)ccc3F)cc21. The summed E-state index contributed by atoms with van der Waals surface area (Å²) >= 11 is 6.04. The third kappa shape index (κ3) is 4.30. The summed E-state index contributed by atoms with van der Waals surface area (Å²) in [5.41, 5.74) is 2.27. The van der Waals surface area contributed by atoms with E-state index >= 15 is 0 Å². The second-order valence-electron chi connectivity index (χ2n) is 7.11. The number of benzene rings is 1. The molecule has 0 aliphatic carbocycles. The normalized spacial score (nSPS) is 13.9. The van der Waals surface area contributed by atoms with Crippen molar-refractivity contribution in [1.29, 1.82) is 0 Å². The van der Waals surface area contributed by atoms with Gasteiger partial charge in [-0.15, -0.1) is 0 Å². The molecule has 1 aromatic carbocycles. The van der Waals surface area contributed by atoms with Gasteiger partial charge in [-0.05, 0) is 37.3 Å². The zero-order valence-electron chi connectivity index (χ0n) is 16.7. The van der Waals surface area contributed by atoms with Gasteiger partial charge in [0, 0.05) is 29.0 Å². The van der Waals surface area contributed by atoms with Gasteiger partial charge in [0.05, 0.1) is 42.0 Å². The summed E-state index contributed by atoms with van der Waals surface area (Å²) < 4.78 is 20.1. The van der Waals surface area contributed by atoms with E-state index in [1.165, 1.54) is 30.6 Å². The van der Waals surface area contributed by atoms with Crippen molar-refractivity contribution in [2.75, 3.05) is 24.7 Å². The van der Waals surface area contributed by atoms with Crippen LogP contribution in [0.15, 0.2) is 48.9 Å². The predicted octanol–water partition coefficient (Wildman–Crippen LogP) is 3.58. The van der Waals surface area contributed by atoms with E-state index < -0.39 is 11.9 Å². The molecule has 1 unspecified atom stereocenters. The van der Waals surface area contributed by atoms with Gasteiger partial charge in [-0.1, -0.05) is 11.6 Å². The van der Waals surface area contributed by atoms with Crippen LogP contribution in [0.5, 0.6) is 5.75 Å². The van der Waals surface area contributed by atoms with Gasteiger partial charge in [0.2, 0.25) is 0 Å². The number of hydrogen-bond donors (Lipinski definition) is 2. The molecule has 0 saturated carbocycles. The fourth-order valence-electron chi connectivity index (χ4n) is 3.36. The molecular weight excluding hydrogens is 423 g/mol. The summed E-state index contributed by atoms with van der Waals surface area (Å²) in [6.07, 6.45) is 4.60. The number of pyridine rings is 2. The topological polar surface area (TPSA) is 87.6 Å². The highest BCUT2D eigenvalue weighted by atomic mass is 35.5. The maximum atomic E-state index is 14.4. The number of carbonyl (C=O) groups excluding carboxylic acids is 1. The van der Waals surface area contributed by atoms with E-state index in [9.17, 15) is 14.3 Å². The molecule has 2 aromatic heterocycles. The lowest BCUT2D eigenvalue weighted by Crippen LogP contribution is -2.37. The van der Waals surface area contributed by atoms with Crippen LogP contribution in [-0.2, 0) is 0 Å². The molecule has 31 heavy (non-hydrogen) atoms. The van der Waals surface area contributed by atoms with Crippen molar-refractivity contribution in [2.24, 2.45) is 0 Å². The van der Waals surface area contributed by atoms with Crippen molar-refractivity contribution in [3.63, 3.8) is 0 Å². The molecule has 1 aliphatic heterocycles. The van der Waals surface area contributed by atoms with Crippen LogP contribution in [0.25, 0.3) is 11.3 Å². The highest BCUT2D eigenvalue weighted by molar-refractivity contribution is 6.30. The first-order valence-electron chi connectivity index (χ1n) is 9.69. The van der Waals surface area contributed by atoms with Crippen molar-refractivity contribution >= 4 is 28.9 Å². The molecule has 4 rings (SSSR count). The van der Waals surface area contributed by atoms with Crippen LogP contribution >= 0.6 is 11.6 Å². The molecule has 3 aromatic rings. The Morgan fingerprint density at radius 1 is 1.32 bits per heavy atom. The molecule has 0 bridgehead atoms. The van der Waals surface area contributed by atoms with Crippen molar-refractivity contribution in [1.82, 2.24) is 15.3 Å². The Balaban J connectivity index is 1.77. The minimum atomic E-state index is -0.443. The quantitative estimate of drug-likeness (QED) is 0.628. The summed E-state index contributed by atoms with van der Waals surface area (Å²) in [7, 11) is 0. The number of amides is 1. The second-order valence-corrected chi connectivity index (χ2v) is 7.55. The minimum Gasteiger partial charge on any atom is -0.488 e. The molecule has 0 fully saturated rings. The van der Waals surface area contributed by atoms with Crippen LogP contribution in [0.1, 0.15) is 17.3 Å². The Bertz CT molecular complexity index is 1130. The van der Waals surface area contributed by atoms with Gasteiger partial charge in [-0.25, -0.2) is 4.39 Å². The molecule has 1 amide bonds. The second kappa shape index (κ2) is 8.87. The van der Waals surface area contributed by atoms with E-state index in [0.29, 0.717) is 46.6 Å². The van der Waals surface area contributed by atoms with Gasteiger partial charge >= 0.3 is 0 Å². The van der Waals surface area contributed by atoms with Gasteiger partial charge in [0.1, 0.15) is 12.4 Å². The third-order valence-electron chi connectivity index (χ3n) is 4.90. The predicted molar refractivity (Wildman–Crippen MR) is 115 cm³/mol. The largest absolute Gasteiger partial charge is 0.488 e. The van der Waals surface area contributed by atoms with Gasteiger partial charge in [0.25, 0.3) is 5.91 Å². The van der Waals surface area contributed by atoms with Crippen LogP contribution in [0.4, 0.5) is 15.8 Å². The molecule has 1 atom stereocenters. The Morgan fingerprint density at radius 2 is 2.16 bits per heavy atom. The van der Waals surface area contributed by atoms with E-state index in [4.69, 9.17) is 16.3 Å². The maximum absolute atomic E-state index is 14.4.